The molecule has 1 aliphatic rings. The number of nitrogens with zero attached hydrogens (tertiary/aromatic N) is 7. The van der Waals surface area contributed by atoms with Crippen LogP contribution in [0.4, 0.5) is 10.6 Å². The van der Waals surface area contributed by atoms with Crippen LogP contribution in [-0.2, 0) is 12.8 Å². The fraction of sp³-hybridized carbons (Fsp3) is 0.520. The van der Waals surface area contributed by atoms with Crippen LogP contribution < -0.4 is 10.6 Å². The highest BCUT2D eigenvalue weighted by Gasteiger charge is 2.44. The number of halogens is 2. The Hall–Kier alpha value is -2.98. The van der Waals surface area contributed by atoms with Crippen molar-refractivity contribution in [1.82, 2.24) is 29.4 Å². The van der Waals surface area contributed by atoms with Crippen molar-refractivity contribution in [2.75, 3.05) is 18.0 Å². The zero-order chi connectivity index (χ0) is 27.2. The highest BCUT2D eigenvalue weighted by Crippen LogP contribution is 2.37. The zero-order valence-corrected chi connectivity index (χ0v) is 23.3. The maximum atomic E-state index is 13.7. The van der Waals surface area contributed by atoms with E-state index in [4.69, 9.17) is 23.2 Å². The van der Waals surface area contributed by atoms with Gasteiger partial charge in [-0.3, -0.25) is 0 Å². The van der Waals surface area contributed by atoms with E-state index in [0.717, 1.165) is 0 Å². The summed E-state index contributed by atoms with van der Waals surface area (Å²) in [5, 5.41) is 10.7. The minimum Gasteiger partial charge on any atom is -0.465 e. The van der Waals surface area contributed by atoms with Crippen molar-refractivity contribution < 1.29 is 9.90 Å². The number of pyridine rings is 1. The average Bonchev–Trinajstić information content (AvgIpc) is 2.83. The number of piperazine rings is 1. The molecule has 0 saturated carbocycles. The zero-order valence-electron chi connectivity index (χ0n) is 21.8. The minimum atomic E-state index is -0.973. The van der Waals surface area contributed by atoms with Gasteiger partial charge < -0.3 is 14.9 Å². The van der Waals surface area contributed by atoms with Crippen molar-refractivity contribution in [3.05, 3.63) is 44.4 Å². The van der Waals surface area contributed by atoms with Gasteiger partial charge in [-0.15, -0.1) is 0 Å². The number of fused-ring (bicyclic) bond motifs is 1. The van der Waals surface area contributed by atoms with Crippen LogP contribution in [0.1, 0.15) is 52.9 Å². The molecule has 0 aliphatic carbocycles. The first-order valence-corrected chi connectivity index (χ1v) is 13.0. The van der Waals surface area contributed by atoms with E-state index in [1.165, 1.54) is 15.8 Å². The lowest BCUT2D eigenvalue weighted by atomic mass is 9.80. The summed E-state index contributed by atoms with van der Waals surface area (Å²) in [6, 6.07) is 1.02. The molecule has 3 aromatic rings. The van der Waals surface area contributed by atoms with Gasteiger partial charge in [0.2, 0.25) is 0 Å². The molecule has 37 heavy (non-hydrogen) atoms. The van der Waals surface area contributed by atoms with Crippen molar-refractivity contribution in [1.29, 1.82) is 0 Å². The number of rotatable bonds is 4. The number of amides is 1. The van der Waals surface area contributed by atoms with Crippen molar-refractivity contribution >= 4 is 46.1 Å². The summed E-state index contributed by atoms with van der Waals surface area (Å²) in [6.07, 6.45) is 1.66. The third-order valence-corrected chi connectivity index (χ3v) is 7.57. The van der Waals surface area contributed by atoms with Gasteiger partial charge in [0.25, 0.3) is 0 Å². The summed E-state index contributed by atoms with van der Waals surface area (Å²) >= 11 is 12.8. The lowest BCUT2D eigenvalue weighted by molar-refractivity contribution is 0.0562. The molecule has 10 nitrogen and oxygen atoms in total. The minimum absolute atomic E-state index is 0.0590. The lowest BCUT2D eigenvalue weighted by Gasteiger charge is -2.51. The van der Waals surface area contributed by atoms with Gasteiger partial charge in [0.15, 0.2) is 5.65 Å². The van der Waals surface area contributed by atoms with E-state index < -0.39 is 11.8 Å². The van der Waals surface area contributed by atoms with Crippen LogP contribution in [0.25, 0.3) is 16.7 Å². The van der Waals surface area contributed by atoms with Gasteiger partial charge in [0.05, 0.1) is 33.5 Å². The van der Waals surface area contributed by atoms with E-state index in [2.05, 4.69) is 19.9 Å². The van der Waals surface area contributed by atoms with Crippen LogP contribution in [0, 0.1) is 5.41 Å². The molecule has 0 spiro atoms. The Balaban J connectivity index is 2.01. The van der Waals surface area contributed by atoms with Gasteiger partial charge in [0, 0.05) is 19.1 Å². The van der Waals surface area contributed by atoms with Gasteiger partial charge in [-0.25, -0.2) is 29.1 Å². The second kappa shape index (κ2) is 10.1. The monoisotopic (exact) mass is 547 g/mol. The maximum Gasteiger partial charge on any atom is 0.407 e. The number of carboxylic acid groups (broad SMARTS) is 1. The number of anilines is 1. The number of aromatic nitrogens is 5. The SMILES string of the molecule is CCc1ncnc(CC)c1-n1c(=O)nc(N2CCN(C(=O)O)C(C(C)(C)C)C2C)c2cc(Cl)c(Cl)nc21. The summed E-state index contributed by atoms with van der Waals surface area (Å²) in [7, 11) is 0. The molecule has 3 aromatic heterocycles. The van der Waals surface area contributed by atoms with Crippen molar-refractivity contribution in [2.24, 2.45) is 5.41 Å². The highest BCUT2D eigenvalue weighted by atomic mass is 35.5. The molecule has 1 N–H and O–H groups in total. The van der Waals surface area contributed by atoms with E-state index in [1.54, 1.807) is 6.07 Å². The number of hydrogen-bond acceptors (Lipinski definition) is 7. The molecule has 0 aromatic carbocycles. The van der Waals surface area contributed by atoms with E-state index >= 15 is 0 Å². The van der Waals surface area contributed by atoms with Gasteiger partial charge in [-0.05, 0) is 31.2 Å². The van der Waals surface area contributed by atoms with E-state index in [0.29, 0.717) is 53.3 Å². The molecule has 198 valence electrons. The first-order valence-electron chi connectivity index (χ1n) is 12.3. The van der Waals surface area contributed by atoms with Crippen molar-refractivity contribution in [3.63, 3.8) is 0 Å². The molecule has 2 atom stereocenters. The first-order chi connectivity index (χ1) is 17.4. The Morgan fingerprint density at radius 1 is 1.11 bits per heavy atom. The molecule has 1 fully saturated rings. The normalized spacial score (nSPS) is 18.5. The summed E-state index contributed by atoms with van der Waals surface area (Å²) in [4.78, 5) is 47.1. The van der Waals surface area contributed by atoms with Gasteiger partial charge in [0.1, 0.15) is 17.3 Å². The fourth-order valence-corrected chi connectivity index (χ4v) is 5.72. The Bertz CT molecular complexity index is 1400. The fourth-order valence-electron chi connectivity index (χ4n) is 5.43. The second-order valence-corrected chi connectivity index (χ2v) is 11.0. The third-order valence-electron chi connectivity index (χ3n) is 6.90. The third kappa shape index (κ3) is 4.72. The molecule has 1 saturated heterocycles. The molecule has 4 heterocycles. The van der Waals surface area contributed by atoms with E-state index in [9.17, 15) is 14.7 Å². The van der Waals surface area contributed by atoms with Crippen LogP contribution >= 0.6 is 23.2 Å². The first kappa shape index (κ1) is 27.1. The molecule has 12 heteroatoms. The predicted molar refractivity (Wildman–Crippen MR) is 144 cm³/mol. The lowest BCUT2D eigenvalue weighted by Crippen LogP contribution is -2.64. The van der Waals surface area contributed by atoms with Gasteiger partial charge >= 0.3 is 11.8 Å². The van der Waals surface area contributed by atoms with Crippen molar-refractivity contribution in [2.45, 2.75) is 66.5 Å². The van der Waals surface area contributed by atoms with Crippen LogP contribution in [0.2, 0.25) is 10.2 Å². The maximum absolute atomic E-state index is 13.7. The molecular formula is C25H31Cl2N7O3. The van der Waals surface area contributed by atoms with Crippen LogP contribution in [0.5, 0.6) is 0 Å². The Labute approximate surface area is 225 Å². The Morgan fingerprint density at radius 3 is 2.27 bits per heavy atom. The number of hydrogen-bond donors (Lipinski definition) is 1. The molecule has 1 amide bonds. The predicted octanol–water partition coefficient (Wildman–Crippen LogP) is 4.61. The summed E-state index contributed by atoms with van der Waals surface area (Å²) in [6.45, 7) is 12.5. The Morgan fingerprint density at radius 2 is 1.73 bits per heavy atom. The van der Waals surface area contributed by atoms with Crippen molar-refractivity contribution in [3.8, 4) is 5.69 Å². The summed E-state index contributed by atoms with van der Waals surface area (Å²) in [5.74, 6) is 0.391. The molecular weight excluding hydrogens is 517 g/mol. The van der Waals surface area contributed by atoms with Gasteiger partial charge in [-0.2, -0.15) is 4.98 Å². The van der Waals surface area contributed by atoms with Crippen LogP contribution in [0.3, 0.4) is 0 Å². The van der Waals surface area contributed by atoms with Gasteiger partial charge in [-0.1, -0.05) is 57.8 Å². The number of carbonyl (C=O) groups is 1. The average molecular weight is 548 g/mol. The highest BCUT2D eigenvalue weighted by molar-refractivity contribution is 6.41. The molecule has 4 rings (SSSR count). The molecule has 2 unspecified atom stereocenters. The van der Waals surface area contributed by atoms with Crippen LogP contribution in [-0.4, -0.2) is 65.8 Å². The largest absolute Gasteiger partial charge is 0.465 e. The molecule has 0 radical (unpaired) electrons. The molecule has 1 aliphatic heterocycles. The van der Waals surface area contributed by atoms with E-state index in [-0.39, 0.29) is 34.2 Å². The standard InChI is InChI=1S/C25H31Cl2N7O3/c1-7-16-18(17(8-2)29-12-28-16)34-22-14(11-15(26)20(27)30-22)21(31-23(34)35)32-9-10-33(24(36)37)19(13(32)3)25(4,5)6/h11-13,19H,7-10H2,1-6H3,(H,36,37). The van der Waals surface area contributed by atoms with E-state index in [1.807, 2.05) is 46.4 Å². The topological polar surface area (TPSA) is 117 Å². The molecule has 0 bridgehead atoms. The second-order valence-electron chi connectivity index (χ2n) is 10.2. The quantitative estimate of drug-likeness (QED) is 0.470. The van der Waals surface area contributed by atoms with Crippen LogP contribution in [0.15, 0.2) is 17.2 Å². The Kier molecular flexibility index (Phi) is 7.36. The number of aryl methyl sites for hydroxylation is 2. The summed E-state index contributed by atoms with van der Waals surface area (Å²) < 4.78 is 1.41. The smallest absolute Gasteiger partial charge is 0.407 e. The summed E-state index contributed by atoms with van der Waals surface area (Å²) in [5.41, 5.74) is 1.30.